The van der Waals surface area contributed by atoms with Crippen molar-refractivity contribution in [2.45, 2.75) is 6.42 Å². The highest BCUT2D eigenvalue weighted by molar-refractivity contribution is 5.94. The number of para-hydroxylation sites is 1. The maximum absolute atomic E-state index is 12.7. The number of hydrogen-bond donors (Lipinski definition) is 0. The van der Waals surface area contributed by atoms with E-state index in [1.807, 2.05) is 53.4 Å². The van der Waals surface area contributed by atoms with E-state index in [1.165, 1.54) is 11.1 Å². The Labute approximate surface area is 147 Å². The molecule has 124 valence electrons. The van der Waals surface area contributed by atoms with Crippen molar-refractivity contribution in [2.24, 2.45) is 0 Å². The van der Waals surface area contributed by atoms with Crippen molar-refractivity contribution in [3.05, 3.63) is 90.3 Å². The van der Waals surface area contributed by atoms with E-state index >= 15 is 0 Å². The number of carbonyl (C=O) groups excluding carboxylic acids is 1. The second-order valence-electron chi connectivity index (χ2n) is 6.11. The van der Waals surface area contributed by atoms with Crippen LogP contribution in [0, 0.1) is 0 Å². The van der Waals surface area contributed by atoms with E-state index in [0.717, 1.165) is 18.7 Å². The molecule has 0 spiro atoms. The van der Waals surface area contributed by atoms with Gasteiger partial charge in [0.05, 0.1) is 17.4 Å². The number of amides is 1. The summed E-state index contributed by atoms with van der Waals surface area (Å²) in [6.07, 6.45) is 6.47. The molecule has 2 aromatic carbocycles. The van der Waals surface area contributed by atoms with Gasteiger partial charge in [0.15, 0.2) is 0 Å². The van der Waals surface area contributed by atoms with Crippen LogP contribution in [-0.2, 0) is 0 Å². The smallest absolute Gasteiger partial charge is 0.257 e. The van der Waals surface area contributed by atoms with E-state index in [9.17, 15) is 4.79 Å². The molecule has 4 nitrogen and oxygen atoms in total. The zero-order valence-corrected chi connectivity index (χ0v) is 13.9. The van der Waals surface area contributed by atoms with Gasteiger partial charge in [-0.3, -0.25) is 4.79 Å². The molecule has 1 aliphatic heterocycles. The molecule has 0 bridgehead atoms. The summed E-state index contributed by atoms with van der Waals surface area (Å²) in [5, 5.41) is 4.32. The van der Waals surface area contributed by atoms with Gasteiger partial charge in [-0.1, -0.05) is 54.6 Å². The fraction of sp³-hybridized carbons (Fsp3) is 0.143. The molecular weight excluding hydrogens is 310 g/mol. The van der Waals surface area contributed by atoms with Crippen molar-refractivity contribution >= 4 is 11.5 Å². The minimum atomic E-state index is 0.0329. The van der Waals surface area contributed by atoms with E-state index in [2.05, 4.69) is 23.3 Å². The second-order valence-corrected chi connectivity index (χ2v) is 6.11. The lowest BCUT2D eigenvalue weighted by molar-refractivity contribution is 0.0773. The predicted octanol–water partition coefficient (Wildman–Crippen LogP) is 3.80. The first-order valence-electron chi connectivity index (χ1n) is 8.45. The Kier molecular flexibility index (Phi) is 4.17. The fourth-order valence-corrected chi connectivity index (χ4v) is 3.11. The lowest BCUT2D eigenvalue weighted by Gasteiger charge is -2.26. The van der Waals surface area contributed by atoms with Crippen LogP contribution < -0.4 is 0 Å². The Morgan fingerprint density at radius 2 is 1.68 bits per heavy atom. The largest absolute Gasteiger partial charge is 0.334 e. The van der Waals surface area contributed by atoms with Crippen molar-refractivity contribution in [1.29, 1.82) is 0 Å². The van der Waals surface area contributed by atoms with Crippen molar-refractivity contribution in [3.8, 4) is 5.69 Å². The summed E-state index contributed by atoms with van der Waals surface area (Å²) in [6, 6.07) is 20.2. The highest BCUT2D eigenvalue weighted by atomic mass is 16.2. The van der Waals surface area contributed by atoms with Crippen LogP contribution in [-0.4, -0.2) is 33.7 Å². The Hall–Kier alpha value is -3.14. The average Bonchev–Trinajstić information content (AvgIpc) is 3.19. The van der Waals surface area contributed by atoms with Gasteiger partial charge in [-0.15, -0.1) is 0 Å². The molecule has 1 aromatic heterocycles. The highest BCUT2D eigenvalue weighted by Gasteiger charge is 2.20. The van der Waals surface area contributed by atoms with Gasteiger partial charge in [0.25, 0.3) is 5.91 Å². The fourth-order valence-electron chi connectivity index (χ4n) is 3.11. The Bertz CT molecular complexity index is 897. The summed E-state index contributed by atoms with van der Waals surface area (Å²) in [7, 11) is 0. The number of carbonyl (C=O) groups is 1. The maximum atomic E-state index is 12.7. The molecule has 4 heteroatoms. The van der Waals surface area contributed by atoms with Crippen LogP contribution in [0.1, 0.15) is 22.3 Å². The third-order valence-electron chi connectivity index (χ3n) is 4.49. The van der Waals surface area contributed by atoms with Crippen LogP contribution in [0.2, 0.25) is 0 Å². The van der Waals surface area contributed by atoms with Gasteiger partial charge >= 0.3 is 0 Å². The van der Waals surface area contributed by atoms with Crippen LogP contribution in [0.15, 0.2) is 79.1 Å². The molecule has 1 amide bonds. The molecule has 0 radical (unpaired) electrons. The predicted molar refractivity (Wildman–Crippen MR) is 98.5 cm³/mol. The van der Waals surface area contributed by atoms with Gasteiger partial charge in [-0.2, -0.15) is 5.10 Å². The van der Waals surface area contributed by atoms with E-state index < -0.39 is 0 Å². The molecule has 0 saturated heterocycles. The van der Waals surface area contributed by atoms with Gasteiger partial charge in [-0.05, 0) is 29.7 Å². The summed E-state index contributed by atoms with van der Waals surface area (Å²) >= 11 is 0. The number of rotatable bonds is 3. The third-order valence-corrected chi connectivity index (χ3v) is 4.49. The summed E-state index contributed by atoms with van der Waals surface area (Å²) in [4.78, 5) is 14.6. The first-order valence-corrected chi connectivity index (χ1v) is 8.45. The molecule has 1 aliphatic rings. The van der Waals surface area contributed by atoms with E-state index in [1.54, 1.807) is 17.1 Å². The van der Waals surface area contributed by atoms with Gasteiger partial charge in [0.1, 0.15) is 0 Å². The lowest BCUT2D eigenvalue weighted by atomic mass is 9.99. The standard InChI is InChI=1S/C21H19N3O/c25-21(19-15-22-24(16-19)20-9-5-2-6-10-20)23-13-11-18(12-14-23)17-7-3-1-4-8-17/h1-11,15-16H,12-14H2. The Balaban J connectivity index is 1.48. The second kappa shape index (κ2) is 6.77. The topological polar surface area (TPSA) is 38.1 Å². The molecule has 25 heavy (non-hydrogen) atoms. The SMILES string of the molecule is O=C(c1cnn(-c2ccccc2)c1)N1CC=C(c2ccccc2)CC1. The third kappa shape index (κ3) is 3.24. The molecule has 4 rings (SSSR count). The van der Waals surface area contributed by atoms with Crippen molar-refractivity contribution in [2.75, 3.05) is 13.1 Å². The molecule has 3 aromatic rings. The molecule has 0 fully saturated rings. The van der Waals surface area contributed by atoms with Crippen LogP contribution in [0.3, 0.4) is 0 Å². The molecule has 0 aliphatic carbocycles. The van der Waals surface area contributed by atoms with E-state index in [-0.39, 0.29) is 5.91 Å². The van der Waals surface area contributed by atoms with Gasteiger partial charge in [0.2, 0.25) is 0 Å². The summed E-state index contributed by atoms with van der Waals surface area (Å²) in [5.74, 6) is 0.0329. The minimum absolute atomic E-state index is 0.0329. The zero-order valence-electron chi connectivity index (χ0n) is 13.9. The van der Waals surface area contributed by atoms with Crippen LogP contribution in [0.25, 0.3) is 11.3 Å². The number of hydrogen-bond acceptors (Lipinski definition) is 2. The van der Waals surface area contributed by atoms with E-state index in [0.29, 0.717) is 12.1 Å². The van der Waals surface area contributed by atoms with Crippen molar-refractivity contribution < 1.29 is 4.79 Å². The van der Waals surface area contributed by atoms with Crippen molar-refractivity contribution in [3.63, 3.8) is 0 Å². The molecule has 0 atom stereocenters. The number of nitrogens with zero attached hydrogens (tertiary/aromatic N) is 3. The number of benzene rings is 2. The average molecular weight is 329 g/mol. The van der Waals surface area contributed by atoms with Crippen LogP contribution in [0.5, 0.6) is 0 Å². The van der Waals surface area contributed by atoms with Crippen LogP contribution >= 0.6 is 0 Å². The first kappa shape index (κ1) is 15.4. The molecule has 2 heterocycles. The Morgan fingerprint density at radius 3 is 2.36 bits per heavy atom. The Morgan fingerprint density at radius 1 is 0.960 bits per heavy atom. The number of aromatic nitrogens is 2. The normalized spacial score (nSPS) is 14.2. The lowest BCUT2D eigenvalue weighted by Crippen LogP contribution is -2.34. The monoisotopic (exact) mass is 329 g/mol. The van der Waals surface area contributed by atoms with Gasteiger partial charge in [-0.25, -0.2) is 4.68 Å². The van der Waals surface area contributed by atoms with Gasteiger partial charge < -0.3 is 4.90 Å². The van der Waals surface area contributed by atoms with Crippen molar-refractivity contribution in [1.82, 2.24) is 14.7 Å². The van der Waals surface area contributed by atoms with Gasteiger partial charge in [0, 0.05) is 19.3 Å². The minimum Gasteiger partial charge on any atom is -0.334 e. The quantitative estimate of drug-likeness (QED) is 0.733. The molecular formula is C21H19N3O. The van der Waals surface area contributed by atoms with E-state index in [4.69, 9.17) is 0 Å². The molecule has 0 saturated carbocycles. The van der Waals surface area contributed by atoms with Crippen LogP contribution in [0.4, 0.5) is 0 Å². The summed E-state index contributed by atoms with van der Waals surface area (Å²) in [6.45, 7) is 1.37. The molecule has 0 unspecified atom stereocenters. The highest BCUT2D eigenvalue weighted by Crippen LogP contribution is 2.23. The zero-order chi connectivity index (χ0) is 17.1. The summed E-state index contributed by atoms with van der Waals surface area (Å²) in [5.41, 5.74) is 4.13. The molecule has 0 N–H and O–H groups in total. The first-order chi connectivity index (χ1) is 12.3. The summed E-state index contributed by atoms with van der Waals surface area (Å²) < 4.78 is 1.74. The maximum Gasteiger partial charge on any atom is 0.257 e.